The van der Waals surface area contributed by atoms with Crippen molar-refractivity contribution in [2.75, 3.05) is 33.2 Å². The Morgan fingerprint density at radius 1 is 1.37 bits per heavy atom. The Morgan fingerprint density at radius 3 is 2.74 bits per heavy atom. The average molecular weight is 368 g/mol. The molecular weight excluding hydrogens is 350 g/mol. The SMILES string of the molecule is CN1CCCN(S(=O)(=O)c2cc(CN)sc2Br)CC1. The third-order valence-electron chi connectivity index (χ3n) is 3.20. The number of sulfonamides is 1. The van der Waals surface area contributed by atoms with Gasteiger partial charge in [0.05, 0.1) is 3.79 Å². The number of likely N-dealkylation sites (N-methyl/N-ethyl adjacent to an activating group) is 1. The van der Waals surface area contributed by atoms with Crippen LogP contribution in [0.1, 0.15) is 11.3 Å². The molecular formula is C11H18BrN3O2S2. The molecule has 1 aliphatic rings. The van der Waals surface area contributed by atoms with Crippen LogP contribution >= 0.6 is 27.3 Å². The summed E-state index contributed by atoms with van der Waals surface area (Å²) in [5.41, 5.74) is 5.57. The third kappa shape index (κ3) is 3.37. The highest BCUT2D eigenvalue weighted by atomic mass is 79.9. The molecule has 19 heavy (non-hydrogen) atoms. The zero-order chi connectivity index (χ0) is 14.0. The van der Waals surface area contributed by atoms with E-state index >= 15 is 0 Å². The van der Waals surface area contributed by atoms with E-state index in [2.05, 4.69) is 20.8 Å². The second-order valence-corrected chi connectivity index (χ2v) is 8.98. The third-order valence-corrected chi connectivity index (χ3v) is 7.38. The summed E-state index contributed by atoms with van der Waals surface area (Å²) in [6, 6.07) is 1.68. The van der Waals surface area contributed by atoms with Gasteiger partial charge in [0.15, 0.2) is 0 Å². The lowest BCUT2D eigenvalue weighted by molar-refractivity contribution is 0.347. The molecule has 108 valence electrons. The molecule has 0 bridgehead atoms. The summed E-state index contributed by atoms with van der Waals surface area (Å²) in [6.07, 6.45) is 0.862. The minimum Gasteiger partial charge on any atom is -0.326 e. The zero-order valence-corrected chi connectivity index (χ0v) is 14.0. The van der Waals surface area contributed by atoms with E-state index in [1.807, 2.05) is 7.05 Å². The Labute approximate surface area is 126 Å². The summed E-state index contributed by atoms with van der Waals surface area (Å²) in [7, 11) is -1.40. The van der Waals surface area contributed by atoms with Crippen molar-refractivity contribution in [1.82, 2.24) is 9.21 Å². The normalized spacial score (nSPS) is 19.5. The maximum atomic E-state index is 12.6. The van der Waals surface area contributed by atoms with Crippen LogP contribution in [-0.2, 0) is 16.6 Å². The van der Waals surface area contributed by atoms with E-state index in [-0.39, 0.29) is 0 Å². The number of nitrogens with zero attached hydrogens (tertiary/aromatic N) is 2. The highest BCUT2D eigenvalue weighted by Gasteiger charge is 2.29. The summed E-state index contributed by atoms with van der Waals surface area (Å²) in [5, 5.41) is 0. The Kier molecular flexibility index (Phi) is 5.02. The Balaban J connectivity index is 2.28. The Hall–Kier alpha value is 0.01000. The smallest absolute Gasteiger partial charge is 0.245 e. The quantitative estimate of drug-likeness (QED) is 0.873. The van der Waals surface area contributed by atoms with Gasteiger partial charge in [-0.15, -0.1) is 11.3 Å². The van der Waals surface area contributed by atoms with Crippen LogP contribution in [0.2, 0.25) is 0 Å². The summed E-state index contributed by atoms with van der Waals surface area (Å²) in [5.74, 6) is 0. The molecule has 0 amide bonds. The zero-order valence-electron chi connectivity index (χ0n) is 10.8. The van der Waals surface area contributed by atoms with Crippen LogP contribution in [0.15, 0.2) is 14.7 Å². The van der Waals surface area contributed by atoms with Gasteiger partial charge < -0.3 is 10.6 Å². The van der Waals surface area contributed by atoms with Crippen molar-refractivity contribution in [3.8, 4) is 0 Å². The van der Waals surface area contributed by atoms with Gasteiger partial charge in [-0.05, 0) is 42.0 Å². The second-order valence-electron chi connectivity index (χ2n) is 4.62. The van der Waals surface area contributed by atoms with Crippen LogP contribution in [0.4, 0.5) is 0 Å². The summed E-state index contributed by atoms with van der Waals surface area (Å²) < 4.78 is 27.5. The van der Waals surface area contributed by atoms with E-state index in [9.17, 15) is 8.42 Å². The fourth-order valence-corrected chi connectivity index (χ4v) is 6.06. The van der Waals surface area contributed by atoms with E-state index in [0.29, 0.717) is 28.3 Å². The monoisotopic (exact) mass is 367 g/mol. The van der Waals surface area contributed by atoms with Gasteiger partial charge in [-0.3, -0.25) is 0 Å². The lowest BCUT2D eigenvalue weighted by Crippen LogP contribution is -2.34. The minimum absolute atomic E-state index is 0.350. The van der Waals surface area contributed by atoms with Crippen LogP contribution < -0.4 is 5.73 Å². The molecule has 2 heterocycles. The van der Waals surface area contributed by atoms with Crippen molar-refractivity contribution in [2.45, 2.75) is 17.9 Å². The number of rotatable bonds is 3. The molecule has 1 fully saturated rings. The molecule has 2 rings (SSSR count). The molecule has 2 N–H and O–H groups in total. The van der Waals surface area contributed by atoms with Gasteiger partial charge in [0.25, 0.3) is 0 Å². The van der Waals surface area contributed by atoms with Crippen molar-refractivity contribution in [3.63, 3.8) is 0 Å². The number of thiophene rings is 1. The fourth-order valence-electron chi connectivity index (χ4n) is 2.08. The number of halogens is 1. The molecule has 1 saturated heterocycles. The van der Waals surface area contributed by atoms with Gasteiger partial charge in [0.2, 0.25) is 10.0 Å². The van der Waals surface area contributed by atoms with Crippen LogP contribution in [0, 0.1) is 0 Å². The lowest BCUT2D eigenvalue weighted by atomic mass is 10.4. The van der Waals surface area contributed by atoms with Crippen molar-refractivity contribution >= 4 is 37.3 Å². The van der Waals surface area contributed by atoms with Gasteiger partial charge in [0.1, 0.15) is 4.90 Å². The standard InChI is InChI=1S/C11H18BrN3O2S2/c1-14-3-2-4-15(6-5-14)19(16,17)10-7-9(8-13)18-11(10)12/h7H,2-6,8,13H2,1H3. The molecule has 1 aromatic heterocycles. The molecule has 5 nitrogen and oxygen atoms in total. The number of hydrogen-bond acceptors (Lipinski definition) is 5. The van der Waals surface area contributed by atoms with Gasteiger partial charge in [-0.25, -0.2) is 8.42 Å². The van der Waals surface area contributed by atoms with Gasteiger partial charge in [-0.2, -0.15) is 4.31 Å². The molecule has 1 aliphatic heterocycles. The van der Waals surface area contributed by atoms with Gasteiger partial charge in [-0.1, -0.05) is 0 Å². The number of nitrogens with two attached hydrogens (primary N) is 1. The van der Waals surface area contributed by atoms with E-state index in [0.717, 1.165) is 24.4 Å². The molecule has 0 aromatic carbocycles. The Bertz CT molecular complexity index is 544. The van der Waals surface area contributed by atoms with Crippen molar-refractivity contribution in [1.29, 1.82) is 0 Å². The van der Waals surface area contributed by atoms with Crippen molar-refractivity contribution < 1.29 is 8.42 Å². The summed E-state index contributed by atoms with van der Waals surface area (Å²) in [4.78, 5) is 3.38. The first kappa shape index (κ1) is 15.4. The molecule has 0 atom stereocenters. The van der Waals surface area contributed by atoms with Crippen LogP contribution in [-0.4, -0.2) is 50.8 Å². The highest BCUT2D eigenvalue weighted by molar-refractivity contribution is 9.11. The average Bonchev–Trinajstić information content (AvgIpc) is 2.60. The number of hydrogen-bond donors (Lipinski definition) is 1. The second kappa shape index (κ2) is 6.19. The largest absolute Gasteiger partial charge is 0.326 e. The van der Waals surface area contributed by atoms with Crippen LogP contribution in [0.5, 0.6) is 0 Å². The fraction of sp³-hybridized carbons (Fsp3) is 0.636. The molecule has 0 radical (unpaired) electrons. The summed E-state index contributed by atoms with van der Waals surface area (Å²) in [6.45, 7) is 3.18. The maximum absolute atomic E-state index is 12.6. The van der Waals surface area contributed by atoms with Gasteiger partial charge in [0, 0.05) is 31.1 Å². The van der Waals surface area contributed by atoms with E-state index < -0.39 is 10.0 Å². The highest BCUT2D eigenvalue weighted by Crippen LogP contribution is 2.33. The van der Waals surface area contributed by atoms with E-state index in [1.54, 1.807) is 10.4 Å². The van der Waals surface area contributed by atoms with Crippen LogP contribution in [0.3, 0.4) is 0 Å². The molecule has 1 aromatic rings. The van der Waals surface area contributed by atoms with Crippen molar-refractivity contribution in [3.05, 3.63) is 14.7 Å². The maximum Gasteiger partial charge on any atom is 0.245 e. The van der Waals surface area contributed by atoms with Crippen LogP contribution in [0.25, 0.3) is 0 Å². The Morgan fingerprint density at radius 2 is 2.11 bits per heavy atom. The molecule has 0 spiro atoms. The predicted molar refractivity (Wildman–Crippen MR) is 80.8 cm³/mol. The molecule has 0 unspecified atom stereocenters. The lowest BCUT2D eigenvalue weighted by Gasteiger charge is -2.19. The first-order valence-corrected chi connectivity index (χ1v) is 9.17. The summed E-state index contributed by atoms with van der Waals surface area (Å²) >= 11 is 4.72. The first-order valence-electron chi connectivity index (χ1n) is 6.12. The van der Waals surface area contributed by atoms with E-state index in [4.69, 9.17) is 5.73 Å². The first-order chi connectivity index (χ1) is 8.95. The molecule has 8 heteroatoms. The van der Waals surface area contributed by atoms with E-state index in [1.165, 1.54) is 11.3 Å². The molecule has 0 saturated carbocycles. The minimum atomic E-state index is -3.41. The topological polar surface area (TPSA) is 66.6 Å². The van der Waals surface area contributed by atoms with Crippen molar-refractivity contribution in [2.24, 2.45) is 5.73 Å². The predicted octanol–water partition coefficient (Wildman–Crippen LogP) is 1.30. The van der Waals surface area contributed by atoms with Gasteiger partial charge >= 0.3 is 0 Å². The molecule has 0 aliphatic carbocycles.